The summed E-state index contributed by atoms with van der Waals surface area (Å²) in [5.74, 6) is 0.719. The lowest BCUT2D eigenvalue weighted by atomic mass is 10.1. The second-order valence-electron chi connectivity index (χ2n) is 5.05. The second-order valence-corrected chi connectivity index (χ2v) is 6.40. The van der Waals surface area contributed by atoms with Gasteiger partial charge in [-0.25, -0.2) is 9.37 Å². The Morgan fingerprint density at radius 1 is 1.09 bits per heavy atom. The molecule has 0 bridgehead atoms. The zero-order chi connectivity index (χ0) is 15.5. The van der Waals surface area contributed by atoms with Crippen LogP contribution in [0.5, 0.6) is 0 Å². The summed E-state index contributed by atoms with van der Waals surface area (Å²) in [6.45, 7) is 0.664. The molecule has 0 amide bonds. The molecule has 1 heterocycles. The summed E-state index contributed by atoms with van der Waals surface area (Å²) in [4.78, 5) is 4.42. The van der Waals surface area contributed by atoms with E-state index in [9.17, 15) is 4.39 Å². The van der Waals surface area contributed by atoms with Gasteiger partial charge in [0.1, 0.15) is 11.6 Å². The quantitative estimate of drug-likeness (QED) is 0.618. The molecule has 0 aliphatic rings. The van der Waals surface area contributed by atoms with Gasteiger partial charge in [-0.2, -0.15) is 0 Å². The number of hydrogen-bond acceptors (Lipinski definition) is 1. The van der Waals surface area contributed by atoms with Gasteiger partial charge < -0.3 is 4.57 Å². The van der Waals surface area contributed by atoms with Crippen molar-refractivity contribution in [2.75, 3.05) is 0 Å². The van der Waals surface area contributed by atoms with Gasteiger partial charge in [-0.05, 0) is 41.5 Å². The minimum atomic E-state index is -0.224. The smallest absolute Gasteiger partial charge is 0.123 e. The van der Waals surface area contributed by atoms with E-state index in [-0.39, 0.29) is 5.82 Å². The van der Waals surface area contributed by atoms with Crippen LogP contribution in [-0.2, 0) is 13.0 Å². The van der Waals surface area contributed by atoms with E-state index in [1.807, 2.05) is 24.4 Å². The Bertz CT molecular complexity index is 763. The molecule has 0 spiro atoms. The van der Waals surface area contributed by atoms with Crippen molar-refractivity contribution in [1.82, 2.24) is 9.55 Å². The molecule has 22 heavy (non-hydrogen) atoms. The molecule has 112 valence electrons. The lowest BCUT2D eigenvalue weighted by Gasteiger charge is -2.09. The van der Waals surface area contributed by atoms with E-state index < -0.39 is 0 Å². The summed E-state index contributed by atoms with van der Waals surface area (Å²) in [6.07, 6.45) is 4.39. The van der Waals surface area contributed by atoms with Gasteiger partial charge in [0.05, 0.1) is 0 Å². The molecule has 2 nitrogen and oxygen atoms in total. The van der Waals surface area contributed by atoms with Crippen LogP contribution >= 0.6 is 27.5 Å². The van der Waals surface area contributed by atoms with Crippen molar-refractivity contribution in [1.29, 1.82) is 0 Å². The van der Waals surface area contributed by atoms with E-state index in [0.29, 0.717) is 18.0 Å². The lowest BCUT2D eigenvalue weighted by molar-refractivity contribution is 0.626. The highest BCUT2D eigenvalue weighted by Gasteiger charge is 2.07. The molecular formula is C17H13BrClFN2. The van der Waals surface area contributed by atoms with E-state index >= 15 is 0 Å². The van der Waals surface area contributed by atoms with Gasteiger partial charge in [-0.1, -0.05) is 39.7 Å². The third-order valence-corrected chi connectivity index (χ3v) is 4.03. The predicted molar refractivity (Wildman–Crippen MR) is 89.7 cm³/mol. The maximum atomic E-state index is 13.0. The topological polar surface area (TPSA) is 17.8 Å². The summed E-state index contributed by atoms with van der Waals surface area (Å²) in [5, 5.41) is 0.695. The van der Waals surface area contributed by atoms with Crippen LogP contribution < -0.4 is 0 Å². The number of rotatable bonds is 4. The second kappa shape index (κ2) is 6.63. The predicted octanol–water partition coefficient (Wildman–Crippen LogP) is 5.08. The van der Waals surface area contributed by atoms with Crippen molar-refractivity contribution in [2.45, 2.75) is 13.0 Å². The van der Waals surface area contributed by atoms with Crippen molar-refractivity contribution in [3.8, 4) is 0 Å². The molecule has 0 aliphatic carbocycles. The van der Waals surface area contributed by atoms with E-state index in [0.717, 1.165) is 21.4 Å². The maximum absolute atomic E-state index is 13.0. The fraction of sp³-hybridized carbons (Fsp3) is 0.118. The van der Waals surface area contributed by atoms with Gasteiger partial charge in [0.2, 0.25) is 0 Å². The van der Waals surface area contributed by atoms with Crippen LogP contribution in [0.2, 0.25) is 5.02 Å². The average molecular weight is 380 g/mol. The van der Waals surface area contributed by atoms with Crippen molar-refractivity contribution in [2.24, 2.45) is 0 Å². The van der Waals surface area contributed by atoms with Crippen LogP contribution in [0.1, 0.15) is 17.0 Å². The molecular weight excluding hydrogens is 367 g/mol. The van der Waals surface area contributed by atoms with Crippen molar-refractivity contribution < 1.29 is 4.39 Å². The van der Waals surface area contributed by atoms with E-state index in [4.69, 9.17) is 11.6 Å². The monoisotopic (exact) mass is 378 g/mol. The number of nitrogens with zero attached hydrogens (tertiary/aromatic N) is 2. The number of hydrogen-bond donors (Lipinski definition) is 0. The van der Waals surface area contributed by atoms with Gasteiger partial charge >= 0.3 is 0 Å². The molecule has 0 saturated heterocycles. The molecule has 0 aliphatic heterocycles. The Hall–Kier alpha value is -1.65. The molecule has 0 radical (unpaired) electrons. The Morgan fingerprint density at radius 3 is 2.59 bits per heavy atom. The molecule has 0 unspecified atom stereocenters. The SMILES string of the molecule is Fc1ccc(Cn2ccnc2Cc2cc(Cl)cc(Br)c2)cc1. The van der Waals surface area contributed by atoms with E-state index in [2.05, 4.69) is 25.5 Å². The first kappa shape index (κ1) is 15.3. The van der Waals surface area contributed by atoms with Crippen LogP contribution in [0.25, 0.3) is 0 Å². The third-order valence-electron chi connectivity index (χ3n) is 3.35. The van der Waals surface area contributed by atoms with Crippen LogP contribution in [0, 0.1) is 5.82 Å². The Balaban J connectivity index is 1.81. The molecule has 0 fully saturated rings. The summed E-state index contributed by atoms with van der Waals surface area (Å²) in [5.41, 5.74) is 2.12. The average Bonchev–Trinajstić information content (AvgIpc) is 2.87. The summed E-state index contributed by atoms with van der Waals surface area (Å²) < 4.78 is 16.0. The highest BCUT2D eigenvalue weighted by Crippen LogP contribution is 2.21. The largest absolute Gasteiger partial charge is 0.330 e. The zero-order valence-corrected chi connectivity index (χ0v) is 14.0. The summed E-state index contributed by atoms with van der Waals surface area (Å²) in [7, 11) is 0. The Kier molecular flexibility index (Phi) is 4.60. The van der Waals surface area contributed by atoms with Crippen LogP contribution in [0.4, 0.5) is 4.39 Å². The minimum absolute atomic E-state index is 0.224. The Labute approximate surface area is 141 Å². The minimum Gasteiger partial charge on any atom is -0.330 e. The molecule has 1 aromatic heterocycles. The first-order valence-electron chi connectivity index (χ1n) is 6.79. The molecule has 3 aromatic rings. The number of benzene rings is 2. The van der Waals surface area contributed by atoms with Crippen LogP contribution in [0.3, 0.4) is 0 Å². The van der Waals surface area contributed by atoms with Gasteiger partial charge in [0.25, 0.3) is 0 Å². The number of aromatic nitrogens is 2. The van der Waals surface area contributed by atoms with Crippen LogP contribution in [-0.4, -0.2) is 9.55 Å². The normalized spacial score (nSPS) is 10.9. The maximum Gasteiger partial charge on any atom is 0.123 e. The van der Waals surface area contributed by atoms with E-state index in [1.165, 1.54) is 12.1 Å². The highest BCUT2D eigenvalue weighted by atomic mass is 79.9. The number of halogens is 3. The number of imidazole rings is 1. The zero-order valence-electron chi connectivity index (χ0n) is 11.6. The molecule has 0 saturated carbocycles. The third kappa shape index (κ3) is 3.76. The first-order valence-corrected chi connectivity index (χ1v) is 7.97. The fourth-order valence-corrected chi connectivity index (χ4v) is 3.26. The molecule has 0 N–H and O–H groups in total. The van der Waals surface area contributed by atoms with Gasteiger partial charge in [0, 0.05) is 34.9 Å². The van der Waals surface area contributed by atoms with Crippen molar-refractivity contribution in [3.05, 3.63) is 87.1 Å². The van der Waals surface area contributed by atoms with Gasteiger partial charge in [-0.3, -0.25) is 0 Å². The Morgan fingerprint density at radius 2 is 1.86 bits per heavy atom. The van der Waals surface area contributed by atoms with Crippen molar-refractivity contribution >= 4 is 27.5 Å². The first-order chi connectivity index (χ1) is 10.6. The van der Waals surface area contributed by atoms with Gasteiger partial charge in [0.15, 0.2) is 0 Å². The van der Waals surface area contributed by atoms with Gasteiger partial charge in [-0.15, -0.1) is 0 Å². The molecule has 5 heteroatoms. The highest BCUT2D eigenvalue weighted by molar-refractivity contribution is 9.10. The van der Waals surface area contributed by atoms with Crippen LogP contribution in [0.15, 0.2) is 59.3 Å². The van der Waals surface area contributed by atoms with Crippen molar-refractivity contribution in [3.63, 3.8) is 0 Å². The molecule has 0 atom stereocenters. The summed E-state index contributed by atoms with van der Waals surface area (Å²) in [6, 6.07) is 12.3. The summed E-state index contributed by atoms with van der Waals surface area (Å²) >= 11 is 9.53. The fourth-order valence-electron chi connectivity index (χ4n) is 2.33. The molecule has 3 rings (SSSR count). The standard InChI is InChI=1S/C17H13BrClFN2/c18-14-7-13(8-15(19)10-14)9-17-21-5-6-22(17)11-12-1-3-16(20)4-2-12/h1-8,10H,9,11H2. The van der Waals surface area contributed by atoms with E-state index in [1.54, 1.807) is 18.3 Å². The lowest BCUT2D eigenvalue weighted by Crippen LogP contribution is -2.05. The molecule has 2 aromatic carbocycles.